The zero-order chi connectivity index (χ0) is 13.0. The van der Waals surface area contributed by atoms with Crippen LogP contribution < -0.4 is 5.32 Å². The van der Waals surface area contributed by atoms with Crippen LogP contribution in [0, 0.1) is 0 Å². The molecule has 0 saturated carbocycles. The highest BCUT2D eigenvalue weighted by molar-refractivity contribution is 9.10. The Hall–Kier alpha value is -0.800. The first-order valence-electron chi connectivity index (χ1n) is 6.32. The fourth-order valence-electron chi connectivity index (χ4n) is 1.92. The number of hydrogen-bond donors (Lipinski definition) is 1. The van der Waals surface area contributed by atoms with E-state index in [9.17, 15) is 0 Å². The minimum Gasteiger partial charge on any atom is -0.380 e. The highest BCUT2D eigenvalue weighted by atomic mass is 79.9. The van der Waals surface area contributed by atoms with Crippen molar-refractivity contribution >= 4 is 33.0 Å². The lowest BCUT2D eigenvalue weighted by molar-refractivity contribution is 1.10. The molecule has 2 rings (SSSR count). The third-order valence-corrected chi connectivity index (χ3v) is 4.69. The van der Waals surface area contributed by atoms with Crippen molar-refractivity contribution < 1.29 is 0 Å². The molecular formula is C15H18BrNS. The molecule has 0 fully saturated rings. The maximum Gasteiger partial charge on any atom is 0.0494 e. The molecule has 1 N–H and O–H groups in total. The Morgan fingerprint density at radius 1 is 1.06 bits per heavy atom. The topological polar surface area (TPSA) is 12.0 Å². The Morgan fingerprint density at radius 3 is 2.50 bits per heavy atom. The lowest BCUT2D eigenvalue weighted by Gasteiger charge is -2.10. The van der Waals surface area contributed by atoms with Crippen LogP contribution in [0.15, 0.2) is 34.8 Å². The highest BCUT2D eigenvalue weighted by Crippen LogP contribution is 2.23. The molecule has 0 aliphatic rings. The van der Waals surface area contributed by atoms with Crippen LogP contribution in [0.25, 0.3) is 0 Å². The second kappa shape index (κ2) is 6.39. The van der Waals surface area contributed by atoms with Crippen LogP contribution in [0.3, 0.4) is 0 Å². The van der Waals surface area contributed by atoms with Crippen molar-refractivity contribution in [3.8, 4) is 0 Å². The first-order chi connectivity index (χ1) is 8.72. The summed E-state index contributed by atoms with van der Waals surface area (Å²) in [7, 11) is 0. The molecule has 96 valence electrons. The summed E-state index contributed by atoms with van der Waals surface area (Å²) in [5.41, 5.74) is 2.60. The molecule has 1 aromatic carbocycles. The second-order valence-electron chi connectivity index (χ2n) is 4.23. The lowest BCUT2D eigenvalue weighted by atomic mass is 10.1. The first-order valence-corrected chi connectivity index (χ1v) is 7.93. The van der Waals surface area contributed by atoms with Crippen molar-refractivity contribution in [2.75, 3.05) is 5.32 Å². The molecule has 0 aliphatic heterocycles. The average molecular weight is 324 g/mol. The SMILES string of the molecule is CCc1ccc(CNc2ccc(Br)cc2CC)s1. The molecule has 0 unspecified atom stereocenters. The predicted molar refractivity (Wildman–Crippen MR) is 84.5 cm³/mol. The van der Waals surface area contributed by atoms with E-state index in [0.29, 0.717) is 0 Å². The summed E-state index contributed by atoms with van der Waals surface area (Å²) in [6, 6.07) is 10.9. The van der Waals surface area contributed by atoms with Crippen LogP contribution in [0.1, 0.15) is 29.2 Å². The molecule has 2 aromatic rings. The summed E-state index contributed by atoms with van der Waals surface area (Å²) in [6.07, 6.45) is 2.18. The van der Waals surface area contributed by atoms with Gasteiger partial charge < -0.3 is 5.32 Å². The van der Waals surface area contributed by atoms with Crippen LogP contribution in [0.2, 0.25) is 0 Å². The fraction of sp³-hybridized carbons (Fsp3) is 0.333. The molecule has 0 bridgehead atoms. The van der Waals surface area contributed by atoms with Crippen molar-refractivity contribution in [2.45, 2.75) is 33.2 Å². The van der Waals surface area contributed by atoms with E-state index in [1.165, 1.54) is 21.0 Å². The van der Waals surface area contributed by atoms with E-state index in [0.717, 1.165) is 23.9 Å². The summed E-state index contributed by atoms with van der Waals surface area (Å²) >= 11 is 5.42. The first kappa shape index (κ1) is 13.6. The van der Waals surface area contributed by atoms with E-state index >= 15 is 0 Å². The number of benzene rings is 1. The fourth-order valence-corrected chi connectivity index (χ4v) is 3.22. The van der Waals surface area contributed by atoms with Crippen LogP contribution in [0.4, 0.5) is 5.69 Å². The summed E-state index contributed by atoms with van der Waals surface area (Å²) in [4.78, 5) is 2.86. The number of thiophene rings is 1. The van der Waals surface area contributed by atoms with E-state index in [4.69, 9.17) is 0 Å². The van der Waals surface area contributed by atoms with Gasteiger partial charge in [0.25, 0.3) is 0 Å². The van der Waals surface area contributed by atoms with Crippen molar-refractivity contribution in [3.63, 3.8) is 0 Å². The van der Waals surface area contributed by atoms with E-state index < -0.39 is 0 Å². The molecular weight excluding hydrogens is 306 g/mol. The van der Waals surface area contributed by atoms with Crippen LogP contribution in [-0.4, -0.2) is 0 Å². The standard InChI is InChI=1S/C15H18BrNS/c1-3-11-9-12(16)5-8-15(11)17-10-14-7-6-13(4-2)18-14/h5-9,17H,3-4,10H2,1-2H3. The summed E-state index contributed by atoms with van der Waals surface area (Å²) in [5.74, 6) is 0. The van der Waals surface area contributed by atoms with Crippen LogP contribution in [0.5, 0.6) is 0 Å². The van der Waals surface area contributed by atoms with Gasteiger partial charge in [-0.15, -0.1) is 11.3 Å². The molecule has 0 aliphatic carbocycles. The minimum absolute atomic E-state index is 0.916. The highest BCUT2D eigenvalue weighted by Gasteiger charge is 2.03. The summed E-state index contributed by atoms with van der Waals surface area (Å²) in [5, 5.41) is 3.53. The number of nitrogens with one attached hydrogen (secondary N) is 1. The van der Waals surface area contributed by atoms with Gasteiger partial charge in [0, 0.05) is 26.5 Å². The monoisotopic (exact) mass is 323 g/mol. The molecule has 0 amide bonds. The van der Waals surface area contributed by atoms with Gasteiger partial charge in [-0.3, -0.25) is 0 Å². The molecule has 18 heavy (non-hydrogen) atoms. The van der Waals surface area contributed by atoms with E-state index in [-0.39, 0.29) is 0 Å². The van der Waals surface area contributed by atoms with Gasteiger partial charge in [0.05, 0.1) is 0 Å². The molecule has 0 saturated heterocycles. The Labute approximate surface area is 121 Å². The molecule has 1 aromatic heterocycles. The van der Waals surface area contributed by atoms with Crippen molar-refractivity contribution in [1.29, 1.82) is 0 Å². The van der Waals surface area contributed by atoms with E-state index in [2.05, 4.69) is 65.4 Å². The zero-order valence-corrected chi connectivity index (χ0v) is 13.2. The second-order valence-corrected chi connectivity index (χ2v) is 6.40. The number of halogens is 1. The minimum atomic E-state index is 0.916. The van der Waals surface area contributed by atoms with Crippen molar-refractivity contribution in [2.24, 2.45) is 0 Å². The van der Waals surface area contributed by atoms with Gasteiger partial charge in [-0.25, -0.2) is 0 Å². The molecule has 0 spiro atoms. The molecule has 1 heterocycles. The molecule has 0 atom stereocenters. The smallest absolute Gasteiger partial charge is 0.0494 e. The Morgan fingerprint density at radius 2 is 1.83 bits per heavy atom. The predicted octanol–water partition coefficient (Wildman–Crippen LogP) is 5.25. The largest absolute Gasteiger partial charge is 0.380 e. The van der Waals surface area contributed by atoms with E-state index in [1.807, 2.05) is 11.3 Å². The number of rotatable bonds is 5. The van der Waals surface area contributed by atoms with Gasteiger partial charge in [0.1, 0.15) is 0 Å². The Kier molecular flexibility index (Phi) is 4.84. The summed E-state index contributed by atoms with van der Waals surface area (Å²) < 4.78 is 1.15. The quantitative estimate of drug-likeness (QED) is 0.792. The zero-order valence-electron chi connectivity index (χ0n) is 10.8. The van der Waals surface area contributed by atoms with Gasteiger partial charge in [0.15, 0.2) is 0 Å². The third-order valence-electron chi connectivity index (χ3n) is 2.97. The normalized spacial score (nSPS) is 10.6. The van der Waals surface area contributed by atoms with Gasteiger partial charge in [0.2, 0.25) is 0 Å². The average Bonchev–Trinajstić information content (AvgIpc) is 2.85. The summed E-state index contributed by atoms with van der Waals surface area (Å²) in [6.45, 7) is 5.31. The van der Waals surface area contributed by atoms with Crippen LogP contribution >= 0.6 is 27.3 Å². The lowest BCUT2D eigenvalue weighted by Crippen LogP contribution is -2.00. The number of aryl methyl sites for hydroxylation is 2. The van der Waals surface area contributed by atoms with Crippen molar-refractivity contribution in [1.82, 2.24) is 0 Å². The van der Waals surface area contributed by atoms with Gasteiger partial charge >= 0.3 is 0 Å². The van der Waals surface area contributed by atoms with Crippen molar-refractivity contribution in [3.05, 3.63) is 50.1 Å². The molecule has 1 nitrogen and oxygen atoms in total. The maximum absolute atomic E-state index is 3.53. The van der Waals surface area contributed by atoms with E-state index in [1.54, 1.807) is 0 Å². The van der Waals surface area contributed by atoms with Gasteiger partial charge in [-0.1, -0.05) is 29.8 Å². The third kappa shape index (κ3) is 3.36. The Balaban J connectivity index is 2.05. The Bertz CT molecular complexity index is 519. The number of anilines is 1. The maximum atomic E-state index is 3.53. The van der Waals surface area contributed by atoms with Gasteiger partial charge in [-0.05, 0) is 48.7 Å². The molecule has 0 radical (unpaired) electrons. The molecule has 3 heteroatoms. The van der Waals surface area contributed by atoms with Gasteiger partial charge in [-0.2, -0.15) is 0 Å². The van der Waals surface area contributed by atoms with Crippen LogP contribution in [-0.2, 0) is 19.4 Å². The number of hydrogen-bond acceptors (Lipinski definition) is 2.